The van der Waals surface area contributed by atoms with Crippen molar-refractivity contribution < 1.29 is 14.7 Å². The SMILES string of the molecule is CC.NC(=O)CC1(O)C=CC(=O)C=C1. The van der Waals surface area contributed by atoms with E-state index in [1.54, 1.807) is 0 Å². The molecule has 3 N–H and O–H groups in total. The molecule has 4 nitrogen and oxygen atoms in total. The zero-order valence-corrected chi connectivity index (χ0v) is 8.36. The van der Waals surface area contributed by atoms with E-state index in [1.165, 1.54) is 24.3 Å². The Morgan fingerprint density at radius 2 is 1.86 bits per heavy atom. The molecule has 0 heterocycles. The van der Waals surface area contributed by atoms with E-state index >= 15 is 0 Å². The highest BCUT2D eigenvalue weighted by molar-refractivity contribution is 6.00. The minimum Gasteiger partial charge on any atom is -0.381 e. The van der Waals surface area contributed by atoms with Gasteiger partial charge in [-0.15, -0.1) is 0 Å². The van der Waals surface area contributed by atoms with E-state index in [1.807, 2.05) is 13.8 Å². The lowest BCUT2D eigenvalue weighted by atomic mass is 9.94. The van der Waals surface area contributed by atoms with Gasteiger partial charge in [-0.25, -0.2) is 0 Å². The molecule has 1 aliphatic carbocycles. The first-order chi connectivity index (χ1) is 6.52. The highest BCUT2D eigenvalue weighted by atomic mass is 16.3. The Hall–Kier alpha value is -1.42. The van der Waals surface area contributed by atoms with Crippen molar-refractivity contribution in [2.75, 3.05) is 0 Å². The number of carbonyl (C=O) groups excluding carboxylic acids is 2. The largest absolute Gasteiger partial charge is 0.381 e. The van der Waals surface area contributed by atoms with Gasteiger partial charge in [-0.1, -0.05) is 13.8 Å². The highest BCUT2D eigenvalue weighted by Crippen LogP contribution is 2.17. The standard InChI is InChI=1S/C8H9NO3.C2H6/c9-7(11)5-8(12)3-1-6(10)2-4-8;1-2/h1-4,12H,5H2,(H2,9,11);1-2H3. The Kier molecular flexibility index (Phi) is 4.80. The molecular weight excluding hydrogens is 182 g/mol. The number of allylic oxidation sites excluding steroid dienone is 2. The van der Waals surface area contributed by atoms with Crippen molar-refractivity contribution in [3.63, 3.8) is 0 Å². The van der Waals surface area contributed by atoms with E-state index in [-0.39, 0.29) is 12.2 Å². The van der Waals surface area contributed by atoms with Crippen molar-refractivity contribution >= 4 is 11.7 Å². The van der Waals surface area contributed by atoms with Crippen molar-refractivity contribution in [3.05, 3.63) is 24.3 Å². The Balaban J connectivity index is 0.000000791. The fraction of sp³-hybridized carbons (Fsp3) is 0.400. The van der Waals surface area contributed by atoms with Gasteiger partial charge in [0.15, 0.2) is 5.78 Å². The maximum atomic E-state index is 10.6. The van der Waals surface area contributed by atoms with Crippen molar-refractivity contribution in [1.29, 1.82) is 0 Å². The number of carbonyl (C=O) groups is 2. The summed E-state index contributed by atoms with van der Waals surface area (Å²) < 4.78 is 0. The zero-order chi connectivity index (χ0) is 11.2. The second-order valence-corrected chi connectivity index (χ2v) is 2.70. The summed E-state index contributed by atoms with van der Waals surface area (Å²) in [6.07, 6.45) is 4.75. The van der Waals surface area contributed by atoms with E-state index in [0.29, 0.717) is 0 Å². The van der Waals surface area contributed by atoms with Crippen molar-refractivity contribution in [3.8, 4) is 0 Å². The van der Waals surface area contributed by atoms with Gasteiger partial charge in [0.25, 0.3) is 0 Å². The van der Waals surface area contributed by atoms with Crippen LogP contribution in [-0.2, 0) is 9.59 Å². The zero-order valence-electron chi connectivity index (χ0n) is 8.36. The molecule has 4 heteroatoms. The third-order valence-electron chi connectivity index (χ3n) is 1.53. The average molecular weight is 197 g/mol. The fourth-order valence-electron chi connectivity index (χ4n) is 0.961. The van der Waals surface area contributed by atoms with Gasteiger partial charge in [0.1, 0.15) is 5.60 Å². The van der Waals surface area contributed by atoms with Crippen molar-refractivity contribution in [2.45, 2.75) is 25.9 Å². The molecule has 0 aliphatic heterocycles. The summed E-state index contributed by atoms with van der Waals surface area (Å²) in [6.45, 7) is 4.00. The number of primary amides is 1. The lowest BCUT2D eigenvalue weighted by Gasteiger charge is -2.19. The van der Waals surface area contributed by atoms with Gasteiger partial charge in [0.05, 0.1) is 6.42 Å². The van der Waals surface area contributed by atoms with Gasteiger partial charge in [-0.05, 0) is 24.3 Å². The second kappa shape index (κ2) is 5.34. The Bertz CT molecular complexity index is 263. The quantitative estimate of drug-likeness (QED) is 0.668. The number of amides is 1. The predicted octanol–water partition coefficient (Wildman–Crippen LogP) is 0.314. The number of nitrogens with two attached hydrogens (primary N) is 1. The van der Waals surface area contributed by atoms with E-state index in [4.69, 9.17) is 5.73 Å². The Morgan fingerprint density at radius 1 is 1.43 bits per heavy atom. The van der Waals surface area contributed by atoms with E-state index in [9.17, 15) is 14.7 Å². The van der Waals surface area contributed by atoms with E-state index in [0.717, 1.165) is 0 Å². The number of rotatable bonds is 2. The third kappa shape index (κ3) is 4.00. The lowest BCUT2D eigenvalue weighted by molar-refractivity contribution is -0.120. The molecule has 0 fully saturated rings. The van der Waals surface area contributed by atoms with Crippen LogP contribution in [-0.4, -0.2) is 22.4 Å². The maximum Gasteiger partial charge on any atom is 0.220 e. The topological polar surface area (TPSA) is 80.4 Å². The predicted molar refractivity (Wildman–Crippen MR) is 53.4 cm³/mol. The second-order valence-electron chi connectivity index (χ2n) is 2.70. The van der Waals surface area contributed by atoms with Gasteiger partial charge in [-0.3, -0.25) is 9.59 Å². The van der Waals surface area contributed by atoms with Crippen LogP contribution in [0.1, 0.15) is 20.3 Å². The summed E-state index contributed by atoms with van der Waals surface area (Å²) in [5.74, 6) is -0.815. The van der Waals surface area contributed by atoms with Gasteiger partial charge >= 0.3 is 0 Å². The monoisotopic (exact) mass is 197 g/mol. The molecule has 0 saturated carbocycles. The molecule has 0 aromatic carbocycles. The first-order valence-corrected chi connectivity index (χ1v) is 4.45. The van der Waals surface area contributed by atoms with Gasteiger partial charge < -0.3 is 10.8 Å². The van der Waals surface area contributed by atoms with Crippen LogP contribution >= 0.6 is 0 Å². The molecule has 0 bridgehead atoms. The van der Waals surface area contributed by atoms with Crippen molar-refractivity contribution in [1.82, 2.24) is 0 Å². The summed E-state index contributed by atoms with van der Waals surface area (Å²) >= 11 is 0. The minimum atomic E-state index is -1.38. The van der Waals surface area contributed by atoms with E-state index < -0.39 is 11.5 Å². The number of ketones is 1. The van der Waals surface area contributed by atoms with Gasteiger partial charge in [0, 0.05) is 0 Å². The lowest BCUT2D eigenvalue weighted by Crippen LogP contribution is -2.32. The molecule has 14 heavy (non-hydrogen) atoms. The Labute approximate surface area is 83.1 Å². The maximum absolute atomic E-state index is 10.6. The normalized spacial score (nSPS) is 17.2. The molecular formula is C10H15NO3. The number of aliphatic hydroxyl groups is 1. The van der Waals surface area contributed by atoms with Gasteiger partial charge in [0.2, 0.25) is 5.91 Å². The average Bonchev–Trinajstić information content (AvgIpc) is 2.13. The summed E-state index contributed by atoms with van der Waals surface area (Å²) in [6, 6.07) is 0. The molecule has 0 aromatic rings. The van der Waals surface area contributed by atoms with Crippen LogP contribution in [0.25, 0.3) is 0 Å². The van der Waals surface area contributed by atoms with Crippen LogP contribution < -0.4 is 5.73 Å². The van der Waals surface area contributed by atoms with Crippen LogP contribution in [0.4, 0.5) is 0 Å². The molecule has 0 aromatic heterocycles. The van der Waals surface area contributed by atoms with Crippen LogP contribution in [0.3, 0.4) is 0 Å². The number of hydrogen-bond donors (Lipinski definition) is 2. The molecule has 1 rings (SSSR count). The molecule has 0 saturated heterocycles. The van der Waals surface area contributed by atoms with E-state index in [2.05, 4.69) is 0 Å². The molecule has 0 spiro atoms. The molecule has 78 valence electrons. The third-order valence-corrected chi connectivity index (χ3v) is 1.53. The van der Waals surface area contributed by atoms with Crippen LogP contribution in [0.15, 0.2) is 24.3 Å². The van der Waals surface area contributed by atoms with Crippen LogP contribution in [0.5, 0.6) is 0 Å². The first-order valence-electron chi connectivity index (χ1n) is 4.45. The fourth-order valence-corrected chi connectivity index (χ4v) is 0.961. The summed E-state index contributed by atoms with van der Waals surface area (Å²) in [7, 11) is 0. The molecule has 1 amide bonds. The summed E-state index contributed by atoms with van der Waals surface area (Å²) in [4.78, 5) is 21.1. The smallest absolute Gasteiger partial charge is 0.220 e. The van der Waals surface area contributed by atoms with Crippen LogP contribution in [0.2, 0.25) is 0 Å². The van der Waals surface area contributed by atoms with Crippen LogP contribution in [0, 0.1) is 0 Å². The highest BCUT2D eigenvalue weighted by Gasteiger charge is 2.25. The summed E-state index contributed by atoms with van der Waals surface area (Å²) in [5.41, 5.74) is 3.52. The Morgan fingerprint density at radius 3 is 2.21 bits per heavy atom. The summed E-state index contributed by atoms with van der Waals surface area (Å²) in [5, 5.41) is 9.53. The first kappa shape index (κ1) is 12.6. The molecule has 0 unspecified atom stereocenters. The molecule has 0 radical (unpaired) electrons. The number of hydrogen-bond acceptors (Lipinski definition) is 3. The molecule has 0 atom stereocenters. The van der Waals surface area contributed by atoms with Crippen molar-refractivity contribution in [2.24, 2.45) is 5.73 Å². The van der Waals surface area contributed by atoms with Gasteiger partial charge in [-0.2, -0.15) is 0 Å². The minimum absolute atomic E-state index is 0.201. The molecule has 1 aliphatic rings.